The van der Waals surface area contributed by atoms with E-state index in [-0.39, 0.29) is 18.5 Å². The second-order valence-electron chi connectivity index (χ2n) is 7.75. The van der Waals surface area contributed by atoms with Crippen molar-refractivity contribution in [2.45, 2.75) is 25.7 Å². The number of likely N-dealkylation sites (tertiary alicyclic amines) is 1. The molecule has 1 aliphatic carbocycles. The fourth-order valence-corrected chi connectivity index (χ4v) is 5.81. The van der Waals surface area contributed by atoms with E-state index in [1.807, 2.05) is 0 Å². The molecule has 27 heavy (non-hydrogen) atoms. The van der Waals surface area contributed by atoms with Crippen LogP contribution in [0.15, 0.2) is 18.2 Å². The predicted molar refractivity (Wildman–Crippen MR) is 100 cm³/mol. The largest absolute Gasteiger partial charge is 0.481 e. The third kappa shape index (κ3) is 2.84. The zero-order chi connectivity index (χ0) is 19.4. The number of amides is 2. The number of carboxylic acids is 1. The van der Waals surface area contributed by atoms with Crippen LogP contribution in [0.3, 0.4) is 0 Å². The number of rotatable bonds is 3. The Hall–Kier alpha value is -2.29. The van der Waals surface area contributed by atoms with Crippen molar-refractivity contribution in [1.82, 2.24) is 4.90 Å². The summed E-state index contributed by atoms with van der Waals surface area (Å²) in [6, 6.07) is 4.89. The molecule has 2 heterocycles. The number of benzene rings is 1. The van der Waals surface area contributed by atoms with E-state index in [2.05, 4.69) is 5.32 Å². The molecule has 9 heteroatoms. The van der Waals surface area contributed by atoms with E-state index < -0.39 is 21.4 Å². The second kappa shape index (κ2) is 6.12. The van der Waals surface area contributed by atoms with Crippen LogP contribution in [0.5, 0.6) is 0 Å². The third-order valence-corrected chi connectivity index (χ3v) is 7.39. The summed E-state index contributed by atoms with van der Waals surface area (Å²) in [5.41, 5.74) is 1.16. The Bertz CT molecular complexity index is 916. The molecule has 2 N–H and O–H groups in total. The van der Waals surface area contributed by atoms with Gasteiger partial charge in [0.15, 0.2) is 0 Å². The lowest BCUT2D eigenvalue weighted by Crippen LogP contribution is -2.38. The van der Waals surface area contributed by atoms with Crippen molar-refractivity contribution in [3.05, 3.63) is 23.8 Å². The molecule has 2 atom stereocenters. The summed E-state index contributed by atoms with van der Waals surface area (Å²) in [6.45, 7) is 1.03. The van der Waals surface area contributed by atoms with Crippen LogP contribution in [0.25, 0.3) is 0 Å². The van der Waals surface area contributed by atoms with Crippen LogP contribution in [0, 0.1) is 11.3 Å². The summed E-state index contributed by atoms with van der Waals surface area (Å²) in [5, 5.41) is 12.5. The SMILES string of the molecule is CS(=O)(=O)N1CCc2c(NC(=O)N3C[C@@H]4CCC[C@@]4(C(=O)O)C3)cccc21. The Morgan fingerprint density at radius 3 is 2.78 bits per heavy atom. The van der Waals surface area contributed by atoms with E-state index in [0.717, 1.165) is 18.4 Å². The Labute approximate surface area is 158 Å². The van der Waals surface area contributed by atoms with Gasteiger partial charge in [-0.2, -0.15) is 0 Å². The van der Waals surface area contributed by atoms with Gasteiger partial charge in [-0.25, -0.2) is 13.2 Å². The molecule has 2 aliphatic heterocycles. The van der Waals surface area contributed by atoms with Gasteiger partial charge in [-0.1, -0.05) is 12.5 Å². The summed E-state index contributed by atoms with van der Waals surface area (Å²) in [5.74, 6) is -0.812. The molecule has 0 spiro atoms. The van der Waals surface area contributed by atoms with Crippen molar-refractivity contribution >= 4 is 33.4 Å². The van der Waals surface area contributed by atoms with E-state index in [4.69, 9.17) is 0 Å². The molecule has 8 nitrogen and oxygen atoms in total. The standard InChI is InChI=1S/C18H23N3O5S/c1-27(25,26)21-9-7-13-14(5-2-6-15(13)21)19-17(24)20-10-12-4-3-8-18(12,11-20)16(22)23/h2,5-6,12H,3-4,7-11H2,1H3,(H,19,24)(H,22,23)/t12-,18+/m0/s1. The average Bonchev–Trinajstić information content (AvgIpc) is 3.26. The van der Waals surface area contributed by atoms with Crippen molar-refractivity contribution in [2.75, 3.05) is 35.5 Å². The number of sulfonamides is 1. The molecule has 1 saturated heterocycles. The molecule has 3 aliphatic rings. The average molecular weight is 393 g/mol. The number of carbonyl (C=O) groups is 2. The molecule has 4 rings (SSSR count). The first-order valence-electron chi connectivity index (χ1n) is 9.11. The van der Waals surface area contributed by atoms with Crippen LogP contribution < -0.4 is 9.62 Å². The number of fused-ring (bicyclic) bond motifs is 2. The Balaban J connectivity index is 1.54. The molecule has 1 aromatic rings. The summed E-state index contributed by atoms with van der Waals surface area (Å²) in [4.78, 5) is 26.2. The highest BCUT2D eigenvalue weighted by Gasteiger charge is 2.55. The monoisotopic (exact) mass is 393 g/mol. The van der Waals surface area contributed by atoms with E-state index in [0.29, 0.717) is 37.3 Å². The first-order valence-corrected chi connectivity index (χ1v) is 11.0. The summed E-state index contributed by atoms with van der Waals surface area (Å²) < 4.78 is 25.2. The van der Waals surface area contributed by atoms with Gasteiger partial charge in [0.05, 0.1) is 17.4 Å². The first-order chi connectivity index (χ1) is 12.7. The van der Waals surface area contributed by atoms with Crippen molar-refractivity contribution in [2.24, 2.45) is 11.3 Å². The predicted octanol–water partition coefficient (Wildman–Crippen LogP) is 1.73. The number of carboxylic acid groups (broad SMARTS) is 1. The van der Waals surface area contributed by atoms with Gasteiger partial charge < -0.3 is 15.3 Å². The number of anilines is 2. The Morgan fingerprint density at radius 2 is 2.11 bits per heavy atom. The molecule has 1 aromatic carbocycles. The molecule has 2 amide bonds. The Morgan fingerprint density at radius 1 is 1.33 bits per heavy atom. The lowest BCUT2D eigenvalue weighted by Gasteiger charge is -2.23. The summed E-state index contributed by atoms with van der Waals surface area (Å²) in [7, 11) is -3.36. The van der Waals surface area contributed by atoms with Crippen LogP contribution in [-0.2, 0) is 21.2 Å². The van der Waals surface area contributed by atoms with Gasteiger partial charge in [-0.3, -0.25) is 9.10 Å². The summed E-state index contributed by atoms with van der Waals surface area (Å²) in [6.07, 6.45) is 4.03. The number of hydrogen-bond acceptors (Lipinski definition) is 4. The lowest BCUT2D eigenvalue weighted by atomic mass is 9.81. The van der Waals surface area contributed by atoms with Gasteiger partial charge in [-0.15, -0.1) is 0 Å². The van der Waals surface area contributed by atoms with Gasteiger partial charge in [0.1, 0.15) is 0 Å². The smallest absolute Gasteiger partial charge is 0.321 e. The van der Waals surface area contributed by atoms with Gasteiger partial charge in [-0.05, 0) is 37.3 Å². The molecular weight excluding hydrogens is 370 g/mol. The van der Waals surface area contributed by atoms with Crippen LogP contribution in [0.2, 0.25) is 0 Å². The maximum atomic E-state index is 12.8. The zero-order valence-electron chi connectivity index (χ0n) is 15.1. The van der Waals surface area contributed by atoms with E-state index >= 15 is 0 Å². The molecular formula is C18H23N3O5S. The molecule has 0 unspecified atom stereocenters. The highest BCUT2D eigenvalue weighted by Crippen LogP contribution is 2.49. The zero-order valence-corrected chi connectivity index (χ0v) is 16.0. The maximum Gasteiger partial charge on any atom is 0.321 e. The van der Waals surface area contributed by atoms with Gasteiger partial charge in [0.25, 0.3) is 0 Å². The third-order valence-electron chi connectivity index (χ3n) is 6.21. The lowest BCUT2D eigenvalue weighted by molar-refractivity contribution is -0.149. The minimum Gasteiger partial charge on any atom is -0.481 e. The number of aliphatic carboxylic acids is 1. The molecule has 0 bridgehead atoms. The number of hydrogen-bond donors (Lipinski definition) is 2. The summed E-state index contributed by atoms with van der Waals surface area (Å²) >= 11 is 0. The quantitative estimate of drug-likeness (QED) is 0.813. The van der Waals surface area contributed by atoms with Crippen molar-refractivity contribution in [3.63, 3.8) is 0 Å². The fraction of sp³-hybridized carbons (Fsp3) is 0.556. The molecule has 146 valence electrons. The molecule has 0 radical (unpaired) electrons. The van der Waals surface area contributed by atoms with Crippen molar-refractivity contribution < 1.29 is 23.1 Å². The van der Waals surface area contributed by atoms with Crippen LogP contribution in [-0.4, -0.2) is 56.3 Å². The van der Waals surface area contributed by atoms with Crippen LogP contribution in [0.4, 0.5) is 16.2 Å². The van der Waals surface area contributed by atoms with E-state index in [1.54, 1.807) is 23.1 Å². The minimum absolute atomic E-state index is 0.00274. The first kappa shape index (κ1) is 18.1. The van der Waals surface area contributed by atoms with Gasteiger partial charge in [0.2, 0.25) is 10.0 Å². The molecule has 0 aromatic heterocycles. The topological polar surface area (TPSA) is 107 Å². The normalized spacial score (nSPS) is 26.8. The maximum absolute atomic E-state index is 12.8. The molecule has 2 fully saturated rings. The van der Waals surface area contributed by atoms with E-state index in [1.165, 1.54) is 10.6 Å². The minimum atomic E-state index is -3.36. The van der Waals surface area contributed by atoms with Crippen LogP contribution >= 0.6 is 0 Å². The second-order valence-corrected chi connectivity index (χ2v) is 9.66. The van der Waals surface area contributed by atoms with Crippen molar-refractivity contribution in [1.29, 1.82) is 0 Å². The number of carbonyl (C=O) groups excluding carboxylic acids is 1. The van der Waals surface area contributed by atoms with Crippen molar-refractivity contribution in [3.8, 4) is 0 Å². The number of urea groups is 1. The molecule has 1 saturated carbocycles. The highest BCUT2D eigenvalue weighted by atomic mass is 32.2. The van der Waals surface area contributed by atoms with Gasteiger partial charge in [0, 0.05) is 30.9 Å². The number of nitrogens with zero attached hydrogens (tertiary/aromatic N) is 2. The fourth-order valence-electron chi connectivity index (χ4n) is 4.85. The van der Waals surface area contributed by atoms with Gasteiger partial charge >= 0.3 is 12.0 Å². The van der Waals surface area contributed by atoms with E-state index in [9.17, 15) is 23.1 Å². The Kier molecular flexibility index (Phi) is 4.10. The highest BCUT2D eigenvalue weighted by molar-refractivity contribution is 7.92. The number of nitrogens with one attached hydrogen (secondary N) is 1. The van der Waals surface area contributed by atoms with Crippen LogP contribution in [0.1, 0.15) is 24.8 Å².